The molecular formula is C28H49N. The Labute approximate surface area is 181 Å². The zero-order valence-corrected chi connectivity index (χ0v) is 20.7. The molecule has 0 radical (unpaired) electrons. The van der Waals surface area contributed by atoms with E-state index >= 15 is 0 Å². The summed E-state index contributed by atoms with van der Waals surface area (Å²) < 4.78 is 0. The number of nitrogens with one attached hydrogen (secondary N) is 1. The lowest BCUT2D eigenvalue weighted by Crippen LogP contribution is -2.65. The van der Waals surface area contributed by atoms with Crippen LogP contribution in [0, 0.1) is 50.7 Å². The highest BCUT2D eigenvalue weighted by atomic mass is 14.9. The van der Waals surface area contributed by atoms with Gasteiger partial charge in [-0.3, -0.25) is 0 Å². The molecule has 0 heterocycles. The van der Waals surface area contributed by atoms with Gasteiger partial charge in [-0.1, -0.05) is 48.0 Å². The highest BCUT2D eigenvalue weighted by molar-refractivity contribution is 5.18. The molecule has 9 atom stereocenters. The van der Waals surface area contributed by atoms with Crippen LogP contribution in [0.3, 0.4) is 0 Å². The second-order valence-electron chi connectivity index (χ2n) is 14.2. The minimum absolute atomic E-state index is 0.551. The molecule has 0 bridgehead atoms. The molecule has 5 fully saturated rings. The van der Waals surface area contributed by atoms with Crippen molar-refractivity contribution in [2.45, 2.75) is 118 Å². The molecule has 5 aliphatic rings. The molecule has 0 aromatic rings. The van der Waals surface area contributed by atoms with E-state index in [9.17, 15) is 0 Å². The van der Waals surface area contributed by atoms with Gasteiger partial charge in [-0.05, 0) is 122 Å². The van der Waals surface area contributed by atoms with Crippen LogP contribution >= 0.6 is 0 Å². The Balaban J connectivity index is 1.53. The van der Waals surface area contributed by atoms with Crippen LogP contribution in [0.15, 0.2) is 0 Å². The molecule has 5 saturated carbocycles. The summed E-state index contributed by atoms with van der Waals surface area (Å²) in [5.74, 6) is 3.76. The van der Waals surface area contributed by atoms with Gasteiger partial charge in [-0.15, -0.1) is 0 Å². The summed E-state index contributed by atoms with van der Waals surface area (Å²) in [6, 6.07) is 0.758. The predicted molar refractivity (Wildman–Crippen MR) is 124 cm³/mol. The van der Waals surface area contributed by atoms with Crippen molar-refractivity contribution in [3.05, 3.63) is 0 Å². The third-order valence-corrected chi connectivity index (χ3v) is 12.7. The third kappa shape index (κ3) is 2.55. The van der Waals surface area contributed by atoms with Crippen molar-refractivity contribution in [2.24, 2.45) is 50.7 Å². The van der Waals surface area contributed by atoms with Gasteiger partial charge in [0.1, 0.15) is 0 Å². The molecule has 0 aromatic carbocycles. The lowest BCUT2D eigenvalue weighted by molar-refractivity contribution is -0.223. The number of hydrogen-bond donors (Lipinski definition) is 1. The highest BCUT2D eigenvalue weighted by Gasteiger charge is 2.68. The first kappa shape index (κ1) is 20.8. The first-order valence-corrected chi connectivity index (χ1v) is 13.2. The van der Waals surface area contributed by atoms with Crippen LogP contribution in [0.5, 0.6) is 0 Å². The van der Waals surface area contributed by atoms with E-state index in [1.807, 2.05) is 0 Å². The third-order valence-electron chi connectivity index (χ3n) is 12.7. The highest BCUT2D eigenvalue weighted by Crippen LogP contribution is 2.75. The van der Waals surface area contributed by atoms with Crippen LogP contribution in [0.1, 0.15) is 112 Å². The van der Waals surface area contributed by atoms with Crippen LogP contribution in [-0.2, 0) is 0 Å². The summed E-state index contributed by atoms with van der Waals surface area (Å²) in [7, 11) is 2.24. The van der Waals surface area contributed by atoms with Crippen molar-refractivity contribution in [3.63, 3.8) is 0 Å². The fourth-order valence-corrected chi connectivity index (χ4v) is 11.8. The maximum atomic E-state index is 3.79. The van der Waals surface area contributed by atoms with Gasteiger partial charge in [-0.25, -0.2) is 0 Å². The van der Waals surface area contributed by atoms with E-state index in [2.05, 4.69) is 53.9 Å². The Bertz CT molecular complexity index is 667. The molecule has 166 valence electrons. The topological polar surface area (TPSA) is 12.0 Å². The molecule has 9 unspecified atom stereocenters. The fourth-order valence-electron chi connectivity index (χ4n) is 11.8. The molecule has 5 rings (SSSR count). The standard InChI is InChI=1S/C28H49N/c1-24(2)13-8-14-26(4)20(24)11-17-27(5)21(26)12-18-28(6)22(27)10-16-25(3)15-9-19(29-7)23(25)28/h19-23,29H,8-18H2,1-7H3. The molecule has 0 spiro atoms. The van der Waals surface area contributed by atoms with Gasteiger partial charge in [0.2, 0.25) is 0 Å². The van der Waals surface area contributed by atoms with Gasteiger partial charge >= 0.3 is 0 Å². The van der Waals surface area contributed by atoms with E-state index in [0.717, 1.165) is 29.7 Å². The second-order valence-corrected chi connectivity index (χ2v) is 14.2. The van der Waals surface area contributed by atoms with E-state index in [0.29, 0.717) is 27.1 Å². The van der Waals surface area contributed by atoms with Crippen molar-refractivity contribution in [3.8, 4) is 0 Å². The van der Waals surface area contributed by atoms with Gasteiger partial charge < -0.3 is 5.32 Å². The Morgan fingerprint density at radius 1 is 0.586 bits per heavy atom. The quantitative estimate of drug-likeness (QED) is 0.483. The maximum Gasteiger partial charge on any atom is 0.0103 e. The summed E-state index contributed by atoms with van der Waals surface area (Å²) in [5.41, 5.74) is 2.87. The Morgan fingerprint density at radius 2 is 1.14 bits per heavy atom. The second kappa shape index (κ2) is 6.26. The Morgan fingerprint density at radius 3 is 1.86 bits per heavy atom. The van der Waals surface area contributed by atoms with Gasteiger partial charge in [-0.2, -0.15) is 0 Å². The van der Waals surface area contributed by atoms with Crippen LogP contribution in [0.4, 0.5) is 0 Å². The molecule has 0 amide bonds. The lowest BCUT2D eigenvalue weighted by atomic mass is 9.34. The normalized spacial score (nSPS) is 58.7. The van der Waals surface area contributed by atoms with Gasteiger partial charge in [0, 0.05) is 6.04 Å². The summed E-state index contributed by atoms with van der Waals surface area (Å²) >= 11 is 0. The fraction of sp³-hybridized carbons (Fsp3) is 1.00. The molecular weight excluding hydrogens is 350 g/mol. The molecule has 1 heteroatoms. The zero-order valence-electron chi connectivity index (χ0n) is 20.7. The van der Waals surface area contributed by atoms with Crippen LogP contribution < -0.4 is 5.32 Å². The van der Waals surface area contributed by atoms with Crippen molar-refractivity contribution >= 4 is 0 Å². The monoisotopic (exact) mass is 399 g/mol. The predicted octanol–water partition coefficient (Wildman–Crippen LogP) is 7.45. The van der Waals surface area contributed by atoms with E-state index < -0.39 is 0 Å². The van der Waals surface area contributed by atoms with Crippen LogP contribution in [0.25, 0.3) is 0 Å². The smallest absolute Gasteiger partial charge is 0.0103 e. The van der Waals surface area contributed by atoms with Crippen molar-refractivity contribution < 1.29 is 0 Å². The Kier molecular flexibility index (Phi) is 4.50. The largest absolute Gasteiger partial charge is 0.317 e. The van der Waals surface area contributed by atoms with E-state index in [1.54, 1.807) is 0 Å². The van der Waals surface area contributed by atoms with E-state index in [4.69, 9.17) is 0 Å². The zero-order chi connectivity index (χ0) is 20.9. The average Bonchev–Trinajstić information content (AvgIpc) is 2.98. The van der Waals surface area contributed by atoms with E-state index in [-0.39, 0.29) is 0 Å². The minimum atomic E-state index is 0.551. The minimum Gasteiger partial charge on any atom is -0.317 e. The SMILES string of the molecule is CNC1CCC2(C)CCC3C(C)(CCC4C5(C)CCCC(C)(C)C5CCC43C)C12. The first-order valence-electron chi connectivity index (χ1n) is 13.2. The summed E-state index contributed by atoms with van der Waals surface area (Å²) in [6.07, 6.45) is 16.3. The number of rotatable bonds is 1. The van der Waals surface area contributed by atoms with Crippen molar-refractivity contribution in [2.75, 3.05) is 7.05 Å². The average molecular weight is 400 g/mol. The molecule has 0 aliphatic heterocycles. The van der Waals surface area contributed by atoms with Crippen LogP contribution in [-0.4, -0.2) is 13.1 Å². The summed E-state index contributed by atoms with van der Waals surface area (Å²) in [5, 5.41) is 3.79. The Hall–Kier alpha value is -0.0400. The molecule has 1 nitrogen and oxygen atoms in total. The number of hydrogen-bond acceptors (Lipinski definition) is 1. The summed E-state index contributed by atoms with van der Waals surface area (Å²) in [4.78, 5) is 0. The number of fused-ring (bicyclic) bond motifs is 7. The molecule has 0 saturated heterocycles. The van der Waals surface area contributed by atoms with Gasteiger partial charge in [0.05, 0.1) is 0 Å². The molecule has 5 aliphatic carbocycles. The maximum absolute atomic E-state index is 3.79. The molecule has 1 N–H and O–H groups in total. The van der Waals surface area contributed by atoms with Crippen molar-refractivity contribution in [1.29, 1.82) is 0 Å². The lowest BCUT2D eigenvalue weighted by Gasteiger charge is -2.71. The van der Waals surface area contributed by atoms with Gasteiger partial charge in [0.25, 0.3) is 0 Å². The van der Waals surface area contributed by atoms with E-state index in [1.165, 1.54) is 70.6 Å². The molecule has 0 aromatic heterocycles. The van der Waals surface area contributed by atoms with Crippen molar-refractivity contribution in [1.82, 2.24) is 5.32 Å². The molecule has 29 heavy (non-hydrogen) atoms. The summed E-state index contributed by atoms with van der Waals surface area (Å²) in [6.45, 7) is 16.2. The van der Waals surface area contributed by atoms with Crippen LogP contribution in [0.2, 0.25) is 0 Å². The first-order chi connectivity index (χ1) is 13.5. The van der Waals surface area contributed by atoms with Gasteiger partial charge in [0.15, 0.2) is 0 Å².